The summed E-state index contributed by atoms with van der Waals surface area (Å²) < 4.78 is 0. The Morgan fingerprint density at radius 1 is 0.535 bits per heavy atom. The lowest BCUT2D eigenvalue weighted by Gasteiger charge is -2.19. The number of carbonyl (C=O) groups is 1. The highest BCUT2D eigenvalue weighted by atomic mass is 16.3. The first kappa shape index (κ1) is 41.6. The molecular formula is C39H73NO3. The van der Waals surface area contributed by atoms with Crippen LogP contribution >= 0.6 is 0 Å². The highest BCUT2D eigenvalue weighted by Crippen LogP contribution is 2.13. The molecule has 1 amide bonds. The lowest BCUT2D eigenvalue weighted by atomic mass is 10.0. The summed E-state index contributed by atoms with van der Waals surface area (Å²) in [5.74, 6) is -0.0820. The van der Waals surface area contributed by atoms with Gasteiger partial charge in [0.1, 0.15) is 0 Å². The van der Waals surface area contributed by atoms with E-state index in [0.29, 0.717) is 6.42 Å². The maximum absolute atomic E-state index is 12.3. The summed E-state index contributed by atoms with van der Waals surface area (Å²) in [6.07, 6.45) is 45.3. The van der Waals surface area contributed by atoms with Crippen molar-refractivity contribution in [1.82, 2.24) is 5.32 Å². The maximum Gasteiger partial charge on any atom is 0.220 e. The zero-order chi connectivity index (χ0) is 31.5. The van der Waals surface area contributed by atoms with Gasteiger partial charge >= 0.3 is 0 Å². The van der Waals surface area contributed by atoms with Crippen LogP contribution in [0.5, 0.6) is 0 Å². The van der Waals surface area contributed by atoms with E-state index in [-0.39, 0.29) is 12.5 Å². The second-order valence-electron chi connectivity index (χ2n) is 12.6. The Balaban J connectivity index is 3.56. The largest absolute Gasteiger partial charge is 0.394 e. The van der Waals surface area contributed by atoms with E-state index in [1.165, 1.54) is 135 Å². The molecule has 0 fully saturated rings. The third-order valence-corrected chi connectivity index (χ3v) is 8.35. The zero-order valence-corrected chi connectivity index (χ0v) is 28.7. The van der Waals surface area contributed by atoms with Crippen LogP contribution in [0.2, 0.25) is 0 Å². The van der Waals surface area contributed by atoms with Crippen molar-refractivity contribution < 1.29 is 15.0 Å². The van der Waals surface area contributed by atoms with Crippen LogP contribution in [0.25, 0.3) is 0 Å². The Morgan fingerprint density at radius 3 is 1.40 bits per heavy atom. The number of carbonyl (C=O) groups excluding carboxylic acids is 1. The van der Waals surface area contributed by atoms with Crippen LogP contribution in [-0.4, -0.2) is 34.9 Å². The number of amides is 1. The minimum absolute atomic E-state index is 0.0820. The number of aliphatic hydroxyl groups is 2. The fourth-order valence-electron chi connectivity index (χ4n) is 5.42. The quantitative estimate of drug-likeness (QED) is 0.0516. The number of allylic oxidation sites excluding steroid dienone is 5. The first-order chi connectivity index (χ1) is 21.2. The van der Waals surface area contributed by atoms with Crippen molar-refractivity contribution in [2.45, 2.75) is 199 Å². The van der Waals surface area contributed by atoms with Gasteiger partial charge in [-0.05, 0) is 57.8 Å². The molecule has 3 N–H and O–H groups in total. The third kappa shape index (κ3) is 31.8. The Labute approximate surface area is 268 Å². The fourth-order valence-corrected chi connectivity index (χ4v) is 5.42. The lowest BCUT2D eigenvalue weighted by molar-refractivity contribution is -0.123. The van der Waals surface area contributed by atoms with Crippen molar-refractivity contribution in [3.05, 3.63) is 36.5 Å². The van der Waals surface area contributed by atoms with Crippen LogP contribution in [0, 0.1) is 0 Å². The molecule has 4 heteroatoms. The van der Waals surface area contributed by atoms with E-state index in [2.05, 4.69) is 43.5 Å². The van der Waals surface area contributed by atoms with Crippen LogP contribution in [0.15, 0.2) is 36.5 Å². The number of unbranched alkanes of at least 4 members (excludes halogenated alkanes) is 22. The number of rotatable bonds is 33. The highest BCUT2D eigenvalue weighted by Gasteiger charge is 2.17. The molecule has 0 radical (unpaired) electrons. The second kappa shape index (κ2) is 35.1. The minimum Gasteiger partial charge on any atom is -0.394 e. The Hall–Kier alpha value is -1.39. The van der Waals surface area contributed by atoms with Gasteiger partial charge in [-0.2, -0.15) is 0 Å². The molecule has 0 aliphatic rings. The average molecular weight is 604 g/mol. The molecule has 0 aromatic rings. The molecule has 4 nitrogen and oxygen atoms in total. The van der Waals surface area contributed by atoms with Crippen LogP contribution < -0.4 is 5.32 Å². The first-order valence-corrected chi connectivity index (χ1v) is 18.7. The van der Waals surface area contributed by atoms with E-state index in [1.54, 1.807) is 6.08 Å². The molecule has 43 heavy (non-hydrogen) atoms. The second-order valence-corrected chi connectivity index (χ2v) is 12.6. The van der Waals surface area contributed by atoms with Gasteiger partial charge < -0.3 is 15.5 Å². The molecule has 0 aliphatic carbocycles. The summed E-state index contributed by atoms with van der Waals surface area (Å²) in [6, 6.07) is -0.637. The molecular weight excluding hydrogens is 530 g/mol. The summed E-state index contributed by atoms with van der Waals surface area (Å²) in [5.41, 5.74) is 0. The normalized spacial score (nSPS) is 13.5. The predicted molar refractivity (Wildman–Crippen MR) is 188 cm³/mol. The van der Waals surface area contributed by atoms with E-state index in [1.807, 2.05) is 6.08 Å². The van der Waals surface area contributed by atoms with Gasteiger partial charge in [-0.25, -0.2) is 0 Å². The van der Waals surface area contributed by atoms with Crippen molar-refractivity contribution >= 4 is 5.91 Å². The monoisotopic (exact) mass is 604 g/mol. The van der Waals surface area contributed by atoms with Gasteiger partial charge in [-0.15, -0.1) is 0 Å². The van der Waals surface area contributed by atoms with E-state index in [9.17, 15) is 15.0 Å². The fraction of sp³-hybridized carbons (Fsp3) is 0.821. The molecule has 0 aliphatic heterocycles. The number of aliphatic hydroxyl groups excluding tert-OH is 2. The number of nitrogens with one attached hydrogen (secondary N) is 1. The van der Waals surface area contributed by atoms with Gasteiger partial charge in [0.15, 0.2) is 0 Å². The molecule has 0 spiro atoms. The molecule has 0 bridgehead atoms. The van der Waals surface area contributed by atoms with E-state index >= 15 is 0 Å². The van der Waals surface area contributed by atoms with Crippen LogP contribution in [0.1, 0.15) is 187 Å². The van der Waals surface area contributed by atoms with Gasteiger partial charge in [-0.3, -0.25) is 4.79 Å². The average Bonchev–Trinajstić information content (AvgIpc) is 3.01. The van der Waals surface area contributed by atoms with E-state index in [4.69, 9.17) is 0 Å². The number of hydrogen-bond acceptors (Lipinski definition) is 3. The van der Waals surface area contributed by atoms with Gasteiger partial charge in [0.2, 0.25) is 5.91 Å². The van der Waals surface area contributed by atoms with Crippen LogP contribution in [0.4, 0.5) is 0 Å². The van der Waals surface area contributed by atoms with Gasteiger partial charge in [0, 0.05) is 6.42 Å². The zero-order valence-electron chi connectivity index (χ0n) is 28.7. The van der Waals surface area contributed by atoms with Gasteiger partial charge in [0.05, 0.1) is 18.8 Å². The Kier molecular flexibility index (Phi) is 34.0. The summed E-state index contributed by atoms with van der Waals surface area (Å²) in [5, 5.41) is 22.7. The molecule has 0 aromatic carbocycles. The molecule has 2 atom stereocenters. The van der Waals surface area contributed by atoms with E-state index in [0.717, 1.165) is 32.1 Å². The molecule has 0 saturated carbocycles. The summed E-state index contributed by atoms with van der Waals surface area (Å²) in [4.78, 5) is 12.3. The van der Waals surface area contributed by atoms with Crippen molar-refractivity contribution in [3.8, 4) is 0 Å². The van der Waals surface area contributed by atoms with Crippen LogP contribution in [-0.2, 0) is 4.79 Å². The standard InChI is InChI=1S/C39H73NO3/c1-3-5-7-9-11-13-14-15-16-17-18-19-20-21-22-23-24-25-27-29-31-33-35-39(43)40-37(36-41)38(42)34-32-30-28-26-12-10-8-6-4-2/h12,20-21,26,32,34,37-38,41-42H,3-11,13-19,22-25,27-31,33,35-36H2,1-2H3,(H,40,43)/b21-20-,26-12+,34-32+. The van der Waals surface area contributed by atoms with Crippen molar-refractivity contribution in [2.24, 2.45) is 0 Å². The van der Waals surface area contributed by atoms with Gasteiger partial charge in [-0.1, -0.05) is 159 Å². The minimum atomic E-state index is -0.859. The summed E-state index contributed by atoms with van der Waals surface area (Å²) >= 11 is 0. The lowest BCUT2D eigenvalue weighted by Crippen LogP contribution is -2.45. The Bertz CT molecular complexity index is 657. The highest BCUT2D eigenvalue weighted by molar-refractivity contribution is 5.76. The molecule has 2 unspecified atom stereocenters. The molecule has 0 heterocycles. The van der Waals surface area contributed by atoms with Crippen molar-refractivity contribution in [1.29, 1.82) is 0 Å². The van der Waals surface area contributed by atoms with E-state index < -0.39 is 12.1 Å². The molecule has 252 valence electrons. The SMILES string of the molecule is CCCCC/C=C/CC/C=C/C(O)C(CO)NC(=O)CCCCCCCCC/C=C\CCCCCCCCCCCCC. The summed E-state index contributed by atoms with van der Waals surface area (Å²) in [7, 11) is 0. The predicted octanol–water partition coefficient (Wildman–Crippen LogP) is 11.1. The van der Waals surface area contributed by atoms with Crippen molar-refractivity contribution in [2.75, 3.05) is 6.61 Å². The topological polar surface area (TPSA) is 69.6 Å². The maximum atomic E-state index is 12.3. The number of hydrogen-bond donors (Lipinski definition) is 3. The van der Waals surface area contributed by atoms with Crippen LogP contribution in [0.3, 0.4) is 0 Å². The molecule has 0 saturated heterocycles. The Morgan fingerprint density at radius 2 is 0.907 bits per heavy atom. The van der Waals surface area contributed by atoms with Gasteiger partial charge in [0.25, 0.3) is 0 Å². The smallest absolute Gasteiger partial charge is 0.220 e. The first-order valence-electron chi connectivity index (χ1n) is 18.7. The van der Waals surface area contributed by atoms with Crippen molar-refractivity contribution in [3.63, 3.8) is 0 Å². The third-order valence-electron chi connectivity index (χ3n) is 8.35. The molecule has 0 rings (SSSR count). The molecule has 0 aromatic heterocycles. The summed E-state index contributed by atoms with van der Waals surface area (Å²) in [6.45, 7) is 4.24.